The van der Waals surface area contributed by atoms with Crippen LogP contribution in [0, 0.1) is 0 Å². The lowest BCUT2D eigenvalue weighted by molar-refractivity contribution is 0.0954. The third-order valence-electron chi connectivity index (χ3n) is 6.85. The van der Waals surface area contributed by atoms with Crippen LogP contribution in [-0.4, -0.2) is 68.8 Å². The summed E-state index contributed by atoms with van der Waals surface area (Å²) in [6, 6.07) is 24.4. The van der Waals surface area contributed by atoms with Gasteiger partial charge in [-0.3, -0.25) is 4.79 Å². The van der Waals surface area contributed by atoms with Crippen LogP contribution in [0.1, 0.15) is 21.5 Å². The molecule has 5 aromatic rings. The number of fused-ring (bicyclic) bond motifs is 1. The Kier molecular flexibility index (Phi) is 7.32. The Morgan fingerprint density at radius 1 is 0.925 bits per heavy atom. The van der Waals surface area contributed by atoms with Gasteiger partial charge in [0.05, 0.1) is 19.8 Å². The standard InChI is InChI=1S/C30H29N7O3/c38-25-8-4-7-24(19-25)27-32-28(36-15-17-40-18-16-36)26-29(33-27)37(35-34-26)20-22-9-11-23(12-10-22)30(39)31-14-13-21-5-2-1-3-6-21/h1-12,19,38H,13-18,20H2,(H,31,39). The van der Waals surface area contributed by atoms with E-state index in [2.05, 4.69) is 32.7 Å². The van der Waals surface area contributed by atoms with Gasteiger partial charge in [-0.15, -0.1) is 5.10 Å². The second kappa shape index (κ2) is 11.5. The van der Waals surface area contributed by atoms with Crippen molar-refractivity contribution in [1.29, 1.82) is 0 Å². The lowest BCUT2D eigenvalue weighted by Gasteiger charge is -2.28. The van der Waals surface area contributed by atoms with Crippen molar-refractivity contribution < 1.29 is 14.6 Å². The Hall–Kier alpha value is -4.83. The summed E-state index contributed by atoms with van der Waals surface area (Å²) >= 11 is 0. The Bertz CT molecular complexity index is 1610. The molecule has 1 amide bonds. The van der Waals surface area contributed by atoms with E-state index >= 15 is 0 Å². The highest BCUT2D eigenvalue weighted by molar-refractivity contribution is 5.94. The predicted molar refractivity (Wildman–Crippen MR) is 151 cm³/mol. The fourth-order valence-corrected chi connectivity index (χ4v) is 4.72. The van der Waals surface area contributed by atoms with E-state index in [-0.39, 0.29) is 11.7 Å². The van der Waals surface area contributed by atoms with Gasteiger partial charge in [-0.05, 0) is 41.8 Å². The number of phenols is 1. The molecule has 1 fully saturated rings. The van der Waals surface area contributed by atoms with E-state index in [1.54, 1.807) is 22.9 Å². The number of phenolic OH excluding ortho intramolecular Hbond substituents is 1. The summed E-state index contributed by atoms with van der Waals surface area (Å²) in [5.74, 6) is 1.22. The minimum Gasteiger partial charge on any atom is -0.508 e. The van der Waals surface area contributed by atoms with Crippen molar-refractivity contribution in [2.24, 2.45) is 0 Å². The summed E-state index contributed by atoms with van der Waals surface area (Å²) in [7, 11) is 0. The highest BCUT2D eigenvalue weighted by Crippen LogP contribution is 2.28. The monoisotopic (exact) mass is 535 g/mol. The van der Waals surface area contributed by atoms with E-state index in [9.17, 15) is 9.90 Å². The van der Waals surface area contributed by atoms with Crippen LogP contribution in [-0.2, 0) is 17.7 Å². The maximum atomic E-state index is 12.6. The zero-order valence-electron chi connectivity index (χ0n) is 21.9. The second-order valence-corrected chi connectivity index (χ2v) is 9.63. The summed E-state index contributed by atoms with van der Waals surface area (Å²) < 4.78 is 7.27. The maximum absolute atomic E-state index is 12.6. The Morgan fingerprint density at radius 3 is 2.50 bits per heavy atom. The van der Waals surface area contributed by atoms with Crippen molar-refractivity contribution in [2.75, 3.05) is 37.7 Å². The minimum absolute atomic E-state index is 0.104. The lowest BCUT2D eigenvalue weighted by Crippen LogP contribution is -2.37. The van der Waals surface area contributed by atoms with Crippen molar-refractivity contribution in [2.45, 2.75) is 13.0 Å². The lowest BCUT2D eigenvalue weighted by atomic mass is 10.1. The Morgan fingerprint density at radius 2 is 1.73 bits per heavy atom. The van der Waals surface area contributed by atoms with Crippen molar-refractivity contribution in [1.82, 2.24) is 30.3 Å². The van der Waals surface area contributed by atoms with Gasteiger partial charge in [0.15, 0.2) is 22.8 Å². The number of carbonyl (C=O) groups is 1. The number of aromatic hydroxyl groups is 1. The van der Waals surface area contributed by atoms with Gasteiger partial charge < -0.3 is 20.1 Å². The number of amides is 1. The molecule has 0 aliphatic carbocycles. The summed E-state index contributed by atoms with van der Waals surface area (Å²) in [6.07, 6.45) is 0.781. The number of hydrogen-bond acceptors (Lipinski definition) is 8. The van der Waals surface area contributed by atoms with Crippen LogP contribution in [0.2, 0.25) is 0 Å². The molecule has 0 atom stereocenters. The normalized spacial score (nSPS) is 13.4. The third-order valence-corrected chi connectivity index (χ3v) is 6.85. The largest absolute Gasteiger partial charge is 0.508 e. The molecule has 40 heavy (non-hydrogen) atoms. The van der Waals surface area contributed by atoms with Crippen LogP contribution in [0.3, 0.4) is 0 Å². The molecule has 1 saturated heterocycles. The minimum atomic E-state index is -0.104. The molecular weight excluding hydrogens is 506 g/mol. The third kappa shape index (κ3) is 5.62. The molecule has 1 aliphatic heterocycles. The van der Waals surface area contributed by atoms with E-state index in [1.807, 2.05) is 48.5 Å². The molecule has 1 aliphatic rings. The van der Waals surface area contributed by atoms with Crippen molar-refractivity contribution in [3.05, 3.63) is 95.6 Å². The van der Waals surface area contributed by atoms with Gasteiger partial charge in [-0.25, -0.2) is 14.6 Å². The molecule has 2 N–H and O–H groups in total. The quantitative estimate of drug-likeness (QED) is 0.310. The smallest absolute Gasteiger partial charge is 0.251 e. The molecule has 2 aromatic heterocycles. The number of aromatic nitrogens is 5. The molecule has 6 rings (SSSR count). The molecule has 202 valence electrons. The summed E-state index contributed by atoms with van der Waals surface area (Å²) in [4.78, 5) is 24.4. The molecule has 0 saturated carbocycles. The van der Waals surface area contributed by atoms with Crippen LogP contribution in [0.5, 0.6) is 5.75 Å². The first kappa shape index (κ1) is 25.4. The maximum Gasteiger partial charge on any atom is 0.251 e. The average molecular weight is 536 g/mol. The summed E-state index contributed by atoms with van der Waals surface area (Å²) in [5, 5.41) is 21.9. The topological polar surface area (TPSA) is 118 Å². The second-order valence-electron chi connectivity index (χ2n) is 9.63. The van der Waals surface area contributed by atoms with Gasteiger partial charge in [0.1, 0.15) is 5.75 Å². The van der Waals surface area contributed by atoms with E-state index in [1.165, 1.54) is 5.56 Å². The first-order valence-corrected chi connectivity index (χ1v) is 13.3. The van der Waals surface area contributed by atoms with Gasteiger partial charge in [0, 0.05) is 30.8 Å². The van der Waals surface area contributed by atoms with Gasteiger partial charge in [0.25, 0.3) is 5.91 Å². The molecule has 0 spiro atoms. The first-order valence-electron chi connectivity index (χ1n) is 13.3. The molecule has 10 heteroatoms. The molecule has 0 radical (unpaired) electrons. The molecule has 0 bridgehead atoms. The van der Waals surface area contributed by atoms with Crippen molar-refractivity contribution >= 4 is 22.9 Å². The van der Waals surface area contributed by atoms with Gasteiger partial charge in [-0.1, -0.05) is 59.8 Å². The Labute approximate surface area is 231 Å². The molecular formula is C30H29N7O3. The zero-order valence-corrected chi connectivity index (χ0v) is 21.9. The van der Waals surface area contributed by atoms with Gasteiger partial charge in [-0.2, -0.15) is 0 Å². The van der Waals surface area contributed by atoms with E-state index in [0.717, 1.165) is 12.0 Å². The van der Waals surface area contributed by atoms with Crippen molar-refractivity contribution in [3.8, 4) is 17.1 Å². The number of morpholine rings is 1. The Balaban J connectivity index is 1.23. The number of ether oxygens (including phenoxy) is 1. The van der Waals surface area contributed by atoms with Crippen LogP contribution in [0.25, 0.3) is 22.6 Å². The number of carbonyl (C=O) groups excluding carboxylic acids is 1. The predicted octanol–water partition coefficient (Wildman–Crippen LogP) is 3.45. The highest BCUT2D eigenvalue weighted by Gasteiger charge is 2.22. The number of nitrogens with zero attached hydrogens (tertiary/aromatic N) is 6. The van der Waals surface area contributed by atoms with Gasteiger partial charge in [0.2, 0.25) is 0 Å². The number of benzene rings is 3. The summed E-state index contributed by atoms with van der Waals surface area (Å²) in [6.45, 7) is 3.58. The van der Waals surface area contributed by atoms with Crippen LogP contribution >= 0.6 is 0 Å². The van der Waals surface area contributed by atoms with Crippen molar-refractivity contribution in [3.63, 3.8) is 0 Å². The van der Waals surface area contributed by atoms with E-state index in [0.29, 0.717) is 73.3 Å². The number of hydrogen-bond donors (Lipinski definition) is 2. The number of anilines is 1. The zero-order chi connectivity index (χ0) is 27.3. The number of rotatable bonds is 8. The van der Waals surface area contributed by atoms with E-state index < -0.39 is 0 Å². The molecule has 0 unspecified atom stereocenters. The van der Waals surface area contributed by atoms with Crippen LogP contribution in [0.15, 0.2) is 78.9 Å². The van der Waals surface area contributed by atoms with Crippen LogP contribution < -0.4 is 10.2 Å². The van der Waals surface area contributed by atoms with Gasteiger partial charge >= 0.3 is 0 Å². The fraction of sp³-hybridized carbons (Fsp3) is 0.233. The highest BCUT2D eigenvalue weighted by atomic mass is 16.5. The average Bonchev–Trinajstić information content (AvgIpc) is 3.40. The molecule has 10 nitrogen and oxygen atoms in total. The fourth-order valence-electron chi connectivity index (χ4n) is 4.72. The first-order chi connectivity index (χ1) is 19.6. The van der Waals surface area contributed by atoms with Crippen LogP contribution in [0.4, 0.5) is 5.82 Å². The number of nitrogens with one attached hydrogen (secondary N) is 1. The SMILES string of the molecule is O=C(NCCc1ccccc1)c1ccc(Cn2nnc3c(N4CCOCC4)nc(-c4cccc(O)c4)nc32)cc1. The van der Waals surface area contributed by atoms with E-state index in [4.69, 9.17) is 14.7 Å². The summed E-state index contributed by atoms with van der Waals surface area (Å²) in [5.41, 5.74) is 4.65. The molecule has 3 heterocycles. The molecule has 3 aromatic carbocycles.